The molecule has 1 aromatic carbocycles. The summed E-state index contributed by atoms with van der Waals surface area (Å²) in [6, 6.07) is 6.69. The molecular formula is C18H17F4NO4S. The van der Waals surface area contributed by atoms with E-state index in [0.717, 1.165) is 0 Å². The van der Waals surface area contributed by atoms with Crippen LogP contribution in [0.2, 0.25) is 0 Å². The van der Waals surface area contributed by atoms with E-state index < -0.39 is 23.3 Å². The fourth-order valence-electron chi connectivity index (χ4n) is 2.29. The van der Waals surface area contributed by atoms with Crippen molar-refractivity contribution in [1.82, 2.24) is 4.98 Å². The first-order valence-electron chi connectivity index (χ1n) is 7.89. The van der Waals surface area contributed by atoms with Crippen LogP contribution in [-0.4, -0.2) is 31.3 Å². The molecule has 0 radical (unpaired) electrons. The highest BCUT2D eigenvalue weighted by molar-refractivity contribution is 7.11. The summed E-state index contributed by atoms with van der Waals surface area (Å²) in [4.78, 5) is 15.9. The number of benzene rings is 1. The molecule has 5 nitrogen and oxygen atoms in total. The van der Waals surface area contributed by atoms with E-state index in [-0.39, 0.29) is 18.1 Å². The Kier molecular flexibility index (Phi) is 7.00. The van der Waals surface area contributed by atoms with Crippen molar-refractivity contribution < 1.29 is 36.6 Å². The Balaban J connectivity index is 2.26. The number of thiazole rings is 1. The quantitative estimate of drug-likeness (QED) is 0.280. The van der Waals surface area contributed by atoms with Crippen molar-refractivity contribution in [3.8, 4) is 5.88 Å². The zero-order valence-electron chi connectivity index (χ0n) is 15.2. The summed E-state index contributed by atoms with van der Waals surface area (Å²) in [5, 5.41) is -0.720. The van der Waals surface area contributed by atoms with Crippen LogP contribution in [0, 0.1) is 6.92 Å². The molecule has 0 aliphatic rings. The molecule has 0 saturated carbocycles. The lowest BCUT2D eigenvalue weighted by atomic mass is 10.0. The van der Waals surface area contributed by atoms with Gasteiger partial charge in [-0.2, -0.15) is 13.2 Å². The SMILES string of the molecule is CO/C=C(/C(=O)OC)c1ccccc1COc1nc(C(F)C(F)(F)F)sc1C. The Morgan fingerprint density at radius 3 is 2.57 bits per heavy atom. The molecule has 0 N–H and O–H groups in total. The van der Waals surface area contributed by atoms with E-state index >= 15 is 0 Å². The van der Waals surface area contributed by atoms with E-state index in [0.29, 0.717) is 27.3 Å². The van der Waals surface area contributed by atoms with Crippen molar-refractivity contribution in [2.24, 2.45) is 0 Å². The number of rotatable bonds is 7. The Bertz CT molecular complexity index is 864. The fourth-order valence-corrected chi connectivity index (χ4v) is 3.16. The van der Waals surface area contributed by atoms with Gasteiger partial charge in [0, 0.05) is 0 Å². The highest BCUT2D eigenvalue weighted by Crippen LogP contribution is 2.40. The molecule has 2 rings (SSSR count). The topological polar surface area (TPSA) is 57.7 Å². The van der Waals surface area contributed by atoms with E-state index in [1.807, 2.05) is 0 Å². The predicted molar refractivity (Wildman–Crippen MR) is 94.5 cm³/mol. The smallest absolute Gasteiger partial charge is 0.426 e. The van der Waals surface area contributed by atoms with Crippen LogP contribution < -0.4 is 4.74 Å². The summed E-state index contributed by atoms with van der Waals surface area (Å²) in [5.74, 6) is -0.732. The minimum Gasteiger partial charge on any atom is -0.503 e. The van der Waals surface area contributed by atoms with Crippen molar-refractivity contribution in [3.05, 3.63) is 51.5 Å². The molecular weight excluding hydrogens is 402 g/mol. The Morgan fingerprint density at radius 2 is 1.96 bits per heavy atom. The molecule has 28 heavy (non-hydrogen) atoms. The summed E-state index contributed by atoms with van der Waals surface area (Å²) in [7, 11) is 2.59. The predicted octanol–water partition coefficient (Wildman–Crippen LogP) is 4.76. The molecule has 0 fully saturated rings. The molecule has 1 atom stereocenters. The summed E-state index contributed by atoms with van der Waals surface area (Å²) in [5.41, 5.74) is 1.14. The van der Waals surface area contributed by atoms with E-state index in [1.54, 1.807) is 24.3 Å². The Morgan fingerprint density at radius 1 is 1.29 bits per heavy atom. The number of nitrogens with zero attached hydrogens (tertiary/aromatic N) is 1. The second kappa shape index (κ2) is 9.05. The lowest BCUT2D eigenvalue weighted by Gasteiger charge is -2.12. The van der Waals surface area contributed by atoms with Gasteiger partial charge in [-0.25, -0.2) is 14.2 Å². The average molecular weight is 419 g/mol. The van der Waals surface area contributed by atoms with Crippen LogP contribution in [0.25, 0.3) is 5.57 Å². The van der Waals surface area contributed by atoms with Gasteiger partial charge in [0.15, 0.2) is 0 Å². The third-order valence-electron chi connectivity index (χ3n) is 3.59. The zero-order chi connectivity index (χ0) is 20.9. The van der Waals surface area contributed by atoms with Crippen LogP contribution >= 0.6 is 11.3 Å². The van der Waals surface area contributed by atoms with Crippen LogP contribution in [-0.2, 0) is 20.9 Å². The molecule has 0 saturated heterocycles. The number of aryl methyl sites for hydroxylation is 1. The molecule has 0 aliphatic heterocycles. The first kappa shape index (κ1) is 21.7. The van der Waals surface area contributed by atoms with Gasteiger partial charge in [0.2, 0.25) is 12.1 Å². The first-order valence-corrected chi connectivity index (χ1v) is 8.71. The summed E-state index contributed by atoms with van der Waals surface area (Å²) < 4.78 is 66.2. The van der Waals surface area contributed by atoms with Gasteiger partial charge in [0.1, 0.15) is 17.2 Å². The first-order chi connectivity index (χ1) is 13.2. The van der Waals surface area contributed by atoms with Gasteiger partial charge >= 0.3 is 12.1 Å². The number of ether oxygens (including phenoxy) is 3. The molecule has 0 bridgehead atoms. The minimum atomic E-state index is -5.03. The third-order valence-corrected chi connectivity index (χ3v) is 4.58. The number of esters is 1. The lowest BCUT2D eigenvalue weighted by Crippen LogP contribution is -2.16. The summed E-state index contributed by atoms with van der Waals surface area (Å²) in [6.45, 7) is 1.37. The Hall–Kier alpha value is -2.62. The number of aromatic nitrogens is 1. The van der Waals surface area contributed by atoms with Gasteiger partial charge in [0.05, 0.1) is 25.4 Å². The van der Waals surface area contributed by atoms with E-state index in [2.05, 4.69) is 4.98 Å². The van der Waals surface area contributed by atoms with Crippen LogP contribution in [0.15, 0.2) is 30.5 Å². The molecule has 1 unspecified atom stereocenters. The normalized spacial score (nSPS) is 13.2. The lowest BCUT2D eigenvalue weighted by molar-refractivity contribution is -0.182. The van der Waals surface area contributed by atoms with Crippen molar-refractivity contribution >= 4 is 22.9 Å². The summed E-state index contributed by atoms with van der Waals surface area (Å²) >= 11 is 0.575. The highest BCUT2D eigenvalue weighted by Gasteiger charge is 2.43. The maximum absolute atomic E-state index is 13.5. The van der Waals surface area contributed by atoms with E-state index in [4.69, 9.17) is 14.2 Å². The van der Waals surface area contributed by atoms with Crippen molar-refractivity contribution in [1.29, 1.82) is 0 Å². The van der Waals surface area contributed by atoms with Gasteiger partial charge in [-0.3, -0.25) is 0 Å². The van der Waals surface area contributed by atoms with Gasteiger partial charge < -0.3 is 14.2 Å². The maximum Gasteiger partial charge on any atom is 0.426 e. The van der Waals surface area contributed by atoms with Crippen LogP contribution in [0.1, 0.15) is 27.2 Å². The van der Waals surface area contributed by atoms with E-state index in [9.17, 15) is 22.4 Å². The minimum absolute atomic E-state index is 0.1000. The largest absolute Gasteiger partial charge is 0.503 e. The highest BCUT2D eigenvalue weighted by atomic mass is 32.1. The number of alkyl halides is 4. The third kappa shape index (κ3) is 5.00. The number of hydrogen-bond donors (Lipinski definition) is 0. The molecule has 152 valence electrons. The number of methoxy groups -OCH3 is 2. The van der Waals surface area contributed by atoms with Crippen molar-refractivity contribution in [2.45, 2.75) is 25.9 Å². The van der Waals surface area contributed by atoms with Crippen LogP contribution in [0.3, 0.4) is 0 Å². The van der Waals surface area contributed by atoms with E-state index in [1.165, 1.54) is 27.4 Å². The van der Waals surface area contributed by atoms with Crippen molar-refractivity contribution in [3.63, 3.8) is 0 Å². The molecule has 1 aromatic heterocycles. The summed E-state index contributed by atoms with van der Waals surface area (Å²) in [6.07, 6.45) is -6.99. The zero-order valence-corrected chi connectivity index (χ0v) is 16.0. The second-order valence-corrected chi connectivity index (χ2v) is 6.76. The molecule has 1 heterocycles. The standard InChI is InChI=1S/C18H17F4NO4S/c1-10-15(23-16(28-10)14(19)18(20,21)22)27-8-11-6-4-5-7-12(11)13(9-25-2)17(24)26-3/h4-7,9,14H,8H2,1-3H3/b13-9+. The number of carbonyl (C=O) groups excluding carboxylic acids is 1. The fraction of sp³-hybridized carbons (Fsp3) is 0.333. The van der Waals surface area contributed by atoms with Crippen LogP contribution in [0.4, 0.5) is 17.6 Å². The van der Waals surface area contributed by atoms with Gasteiger partial charge in [-0.05, 0) is 18.1 Å². The second-order valence-electron chi connectivity index (χ2n) is 5.52. The number of hydrogen-bond acceptors (Lipinski definition) is 6. The molecule has 2 aromatic rings. The maximum atomic E-state index is 13.5. The average Bonchev–Trinajstić information content (AvgIpc) is 3.03. The monoisotopic (exact) mass is 419 g/mol. The number of carbonyl (C=O) groups is 1. The number of halogens is 4. The molecule has 0 aliphatic carbocycles. The molecule has 10 heteroatoms. The van der Waals surface area contributed by atoms with Gasteiger partial charge in [0.25, 0.3) is 0 Å². The Labute approximate surface area is 162 Å². The van der Waals surface area contributed by atoms with Crippen molar-refractivity contribution in [2.75, 3.05) is 14.2 Å². The van der Waals surface area contributed by atoms with Gasteiger partial charge in [-0.15, -0.1) is 11.3 Å². The molecule has 0 spiro atoms. The molecule has 0 amide bonds. The van der Waals surface area contributed by atoms with Gasteiger partial charge in [-0.1, -0.05) is 24.3 Å². The van der Waals surface area contributed by atoms with Crippen LogP contribution in [0.5, 0.6) is 5.88 Å².